The predicted octanol–water partition coefficient (Wildman–Crippen LogP) is 3.37. The Hall–Kier alpha value is -1.59. The van der Waals surface area contributed by atoms with Crippen molar-refractivity contribution in [2.45, 2.75) is 6.92 Å². The summed E-state index contributed by atoms with van der Waals surface area (Å²) in [7, 11) is 0. The van der Waals surface area contributed by atoms with Crippen LogP contribution in [0.5, 0.6) is 17.8 Å². The Morgan fingerprint density at radius 3 is 2.61 bits per heavy atom. The average molecular weight is 286 g/mol. The minimum absolute atomic E-state index is 0.00507. The number of nitrogens with zero attached hydrogens (tertiary/aromatic N) is 3. The molecule has 2 aromatic rings. The van der Waals surface area contributed by atoms with Crippen molar-refractivity contribution >= 4 is 23.2 Å². The number of halogens is 2. The predicted molar refractivity (Wildman–Crippen MR) is 67.5 cm³/mol. The molecule has 0 saturated heterocycles. The highest BCUT2D eigenvalue weighted by molar-refractivity contribution is 6.30. The van der Waals surface area contributed by atoms with Crippen molar-refractivity contribution < 1.29 is 9.47 Å². The van der Waals surface area contributed by atoms with E-state index in [9.17, 15) is 0 Å². The molecule has 0 saturated carbocycles. The second-order valence-corrected chi connectivity index (χ2v) is 3.94. The highest BCUT2D eigenvalue weighted by Gasteiger charge is 2.08. The lowest BCUT2D eigenvalue weighted by Gasteiger charge is -2.06. The van der Waals surface area contributed by atoms with Crippen LogP contribution in [0.15, 0.2) is 24.3 Å². The fraction of sp³-hybridized carbons (Fsp3) is 0.182. The van der Waals surface area contributed by atoms with Gasteiger partial charge in [-0.1, -0.05) is 17.7 Å². The van der Waals surface area contributed by atoms with Gasteiger partial charge >= 0.3 is 12.0 Å². The van der Waals surface area contributed by atoms with Crippen molar-refractivity contribution in [1.82, 2.24) is 15.0 Å². The van der Waals surface area contributed by atoms with Crippen LogP contribution in [-0.4, -0.2) is 21.6 Å². The Kier molecular flexibility index (Phi) is 4.17. The van der Waals surface area contributed by atoms with Crippen LogP contribution in [0.1, 0.15) is 6.92 Å². The van der Waals surface area contributed by atoms with E-state index < -0.39 is 0 Å². The molecule has 0 aliphatic heterocycles. The third-order valence-electron chi connectivity index (χ3n) is 1.85. The Bertz CT molecular complexity index is 552. The summed E-state index contributed by atoms with van der Waals surface area (Å²) in [6, 6.07) is 7.03. The maximum atomic E-state index is 5.84. The first-order chi connectivity index (χ1) is 8.67. The normalized spacial score (nSPS) is 10.2. The summed E-state index contributed by atoms with van der Waals surface area (Å²) in [6.07, 6.45) is 0. The van der Waals surface area contributed by atoms with Crippen molar-refractivity contribution in [3.8, 4) is 17.8 Å². The lowest BCUT2D eigenvalue weighted by Crippen LogP contribution is -2.01. The molecule has 1 aromatic carbocycles. The SMILES string of the molecule is CCOc1nc(Cl)nc(Oc2cccc(Cl)c2)n1. The van der Waals surface area contributed by atoms with Crippen LogP contribution < -0.4 is 9.47 Å². The van der Waals surface area contributed by atoms with Crippen LogP contribution >= 0.6 is 23.2 Å². The second-order valence-electron chi connectivity index (χ2n) is 3.16. The third kappa shape index (κ3) is 3.45. The second kappa shape index (κ2) is 5.84. The van der Waals surface area contributed by atoms with Crippen LogP contribution in [0, 0.1) is 0 Å². The number of hydrogen-bond acceptors (Lipinski definition) is 5. The van der Waals surface area contributed by atoms with Gasteiger partial charge in [0.25, 0.3) is 0 Å². The molecule has 2 rings (SSSR count). The average Bonchev–Trinajstić information content (AvgIpc) is 2.28. The third-order valence-corrected chi connectivity index (χ3v) is 2.25. The molecular formula is C11H9Cl2N3O2. The molecule has 0 unspecified atom stereocenters. The first kappa shape index (κ1) is 12.9. The van der Waals surface area contributed by atoms with Gasteiger partial charge in [-0.25, -0.2) is 0 Å². The maximum Gasteiger partial charge on any atom is 0.329 e. The van der Waals surface area contributed by atoms with E-state index in [1.165, 1.54) is 0 Å². The van der Waals surface area contributed by atoms with Crippen LogP contribution in [0.4, 0.5) is 0 Å². The highest BCUT2D eigenvalue weighted by Crippen LogP contribution is 2.23. The van der Waals surface area contributed by atoms with Gasteiger partial charge in [0.1, 0.15) is 5.75 Å². The molecule has 7 heteroatoms. The summed E-state index contributed by atoms with van der Waals surface area (Å²) >= 11 is 11.6. The quantitative estimate of drug-likeness (QED) is 0.862. The Morgan fingerprint density at radius 1 is 1.11 bits per heavy atom. The lowest BCUT2D eigenvalue weighted by molar-refractivity contribution is 0.303. The molecule has 0 bridgehead atoms. The zero-order valence-corrected chi connectivity index (χ0v) is 10.9. The van der Waals surface area contributed by atoms with Crippen LogP contribution in [0.2, 0.25) is 10.3 Å². The number of aromatic nitrogens is 3. The van der Waals surface area contributed by atoms with E-state index in [0.717, 1.165) is 0 Å². The molecule has 0 radical (unpaired) electrons. The molecule has 0 fully saturated rings. The summed E-state index contributed by atoms with van der Waals surface area (Å²) in [5, 5.41) is 0.558. The maximum absolute atomic E-state index is 5.84. The van der Waals surface area contributed by atoms with Gasteiger partial charge in [0.2, 0.25) is 5.28 Å². The monoisotopic (exact) mass is 285 g/mol. The van der Waals surface area contributed by atoms with Gasteiger partial charge in [-0.05, 0) is 36.7 Å². The topological polar surface area (TPSA) is 57.1 Å². The van der Waals surface area contributed by atoms with Crippen molar-refractivity contribution in [3.05, 3.63) is 34.6 Å². The van der Waals surface area contributed by atoms with Gasteiger partial charge in [0.05, 0.1) is 6.61 Å². The minimum Gasteiger partial charge on any atom is -0.464 e. The molecule has 94 valence electrons. The van der Waals surface area contributed by atoms with Gasteiger partial charge in [0, 0.05) is 5.02 Å². The number of rotatable bonds is 4. The van der Waals surface area contributed by atoms with Crippen molar-refractivity contribution in [2.24, 2.45) is 0 Å². The molecule has 0 spiro atoms. The van der Waals surface area contributed by atoms with E-state index >= 15 is 0 Å². The molecular weight excluding hydrogens is 277 g/mol. The number of hydrogen-bond donors (Lipinski definition) is 0. The van der Waals surface area contributed by atoms with Gasteiger partial charge in [0.15, 0.2) is 0 Å². The van der Waals surface area contributed by atoms with Gasteiger partial charge in [-0.3, -0.25) is 0 Å². The first-order valence-corrected chi connectivity index (χ1v) is 5.91. The lowest BCUT2D eigenvalue weighted by atomic mass is 10.3. The van der Waals surface area contributed by atoms with Crippen LogP contribution in [0.25, 0.3) is 0 Å². The van der Waals surface area contributed by atoms with Gasteiger partial charge < -0.3 is 9.47 Å². The fourth-order valence-electron chi connectivity index (χ4n) is 1.19. The van der Waals surface area contributed by atoms with E-state index in [4.69, 9.17) is 32.7 Å². The summed E-state index contributed by atoms with van der Waals surface area (Å²) in [5.41, 5.74) is 0. The molecule has 0 amide bonds. The fourth-order valence-corrected chi connectivity index (χ4v) is 1.51. The summed E-state index contributed by atoms with van der Waals surface area (Å²) in [6.45, 7) is 2.24. The molecule has 1 heterocycles. The molecule has 5 nitrogen and oxygen atoms in total. The van der Waals surface area contributed by atoms with E-state index in [1.54, 1.807) is 24.3 Å². The molecule has 0 atom stereocenters. The van der Waals surface area contributed by atoms with E-state index in [0.29, 0.717) is 17.4 Å². The smallest absolute Gasteiger partial charge is 0.329 e. The van der Waals surface area contributed by atoms with E-state index in [-0.39, 0.29) is 17.3 Å². The highest BCUT2D eigenvalue weighted by atomic mass is 35.5. The van der Waals surface area contributed by atoms with Crippen molar-refractivity contribution in [1.29, 1.82) is 0 Å². The van der Waals surface area contributed by atoms with Crippen LogP contribution in [-0.2, 0) is 0 Å². The summed E-state index contributed by atoms with van der Waals surface area (Å²) in [4.78, 5) is 11.6. The first-order valence-electron chi connectivity index (χ1n) is 5.15. The molecule has 0 aliphatic rings. The molecule has 0 N–H and O–H groups in total. The summed E-state index contributed by atoms with van der Waals surface area (Å²) in [5.74, 6) is 0.507. The Morgan fingerprint density at radius 2 is 1.89 bits per heavy atom. The van der Waals surface area contributed by atoms with E-state index in [2.05, 4.69) is 15.0 Å². The minimum atomic E-state index is 0.00507. The van der Waals surface area contributed by atoms with Gasteiger partial charge in [-0.2, -0.15) is 9.97 Å². The van der Waals surface area contributed by atoms with Crippen molar-refractivity contribution in [2.75, 3.05) is 6.61 Å². The number of benzene rings is 1. The Labute approximate surface area is 114 Å². The van der Waals surface area contributed by atoms with E-state index in [1.807, 2.05) is 6.92 Å². The zero-order valence-electron chi connectivity index (χ0n) is 9.43. The van der Waals surface area contributed by atoms with Crippen molar-refractivity contribution in [3.63, 3.8) is 0 Å². The largest absolute Gasteiger partial charge is 0.464 e. The van der Waals surface area contributed by atoms with Crippen LogP contribution in [0.3, 0.4) is 0 Å². The Balaban J connectivity index is 2.23. The molecule has 1 aromatic heterocycles. The molecule has 18 heavy (non-hydrogen) atoms. The number of ether oxygens (including phenoxy) is 2. The summed E-state index contributed by atoms with van der Waals surface area (Å²) < 4.78 is 10.6. The van der Waals surface area contributed by atoms with Gasteiger partial charge in [-0.15, -0.1) is 4.98 Å². The molecule has 0 aliphatic carbocycles. The standard InChI is InChI=1S/C11H9Cl2N3O2/c1-2-17-10-14-9(13)15-11(16-10)18-8-5-3-4-7(12)6-8/h3-6H,2H2,1H3. The zero-order chi connectivity index (χ0) is 13.0.